The predicted molar refractivity (Wildman–Crippen MR) is 192 cm³/mol. The summed E-state index contributed by atoms with van der Waals surface area (Å²) < 4.78 is 54.3. The standard InChI is InChI=1S/C39H42F3N7O3/c1-4-28-31(41)7-6-24-14-27(50)15-29(32(24)28)34-33(42)35-30(18-43-34)36(46-38(45-35)52-21-39-10-5-11-48(39)20-26(40)16-39)47-12-8-23(9-13-47)37(51)49-19-25(17-44-49)22(2)3/h6-7,14-15,17-19,22-23,26,50H,4-5,8-13,16,20-21H2,1-3H3/t26-,39+/m1/s1. The molecule has 0 amide bonds. The number of aromatic nitrogens is 5. The molecule has 5 aromatic rings. The van der Waals surface area contributed by atoms with Crippen LogP contribution in [0.15, 0.2) is 42.9 Å². The van der Waals surface area contributed by atoms with Crippen molar-refractivity contribution in [3.8, 4) is 23.0 Å². The SMILES string of the molecule is CCc1c(F)ccc2cc(O)cc(-c3ncc4c(N5CCC(C(=O)n6cc(C(C)C)cn6)CC5)nc(OC[C@@]56CCCN5C[C@H](F)C6)nc4c3F)c12. The highest BCUT2D eigenvalue weighted by Gasteiger charge is 2.49. The van der Waals surface area contributed by atoms with Gasteiger partial charge in [-0.25, -0.2) is 17.9 Å². The fourth-order valence-electron chi connectivity index (χ4n) is 8.48. The number of ether oxygens (including phenoxy) is 1. The first kappa shape index (κ1) is 34.3. The van der Waals surface area contributed by atoms with Crippen molar-refractivity contribution in [3.05, 3.63) is 65.6 Å². The number of carbonyl (C=O) groups excluding carboxylic acids is 1. The van der Waals surface area contributed by atoms with Crippen molar-refractivity contribution in [2.75, 3.05) is 37.7 Å². The van der Waals surface area contributed by atoms with E-state index in [0.29, 0.717) is 72.9 Å². The van der Waals surface area contributed by atoms with Gasteiger partial charge in [-0.1, -0.05) is 26.8 Å². The first-order chi connectivity index (χ1) is 25.0. The number of pyridine rings is 1. The number of hydrogen-bond donors (Lipinski definition) is 1. The number of piperidine rings is 1. The average molecular weight is 714 g/mol. The summed E-state index contributed by atoms with van der Waals surface area (Å²) in [5.41, 5.74) is 1.02. The Balaban J connectivity index is 1.18. The Labute approximate surface area is 299 Å². The zero-order valence-corrected chi connectivity index (χ0v) is 29.6. The van der Waals surface area contributed by atoms with E-state index in [0.717, 1.165) is 24.9 Å². The smallest absolute Gasteiger partial charge is 0.319 e. The lowest BCUT2D eigenvalue weighted by Gasteiger charge is -2.33. The van der Waals surface area contributed by atoms with Gasteiger partial charge in [-0.3, -0.25) is 14.7 Å². The first-order valence-corrected chi connectivity index (χ1v) is 18.2. The molecule has 272 valence electrons. The Hall–Kier alpha value is -4.78. The van der Waals surface area contributed by atoms with Crippen LogP contribution in [-0.4, -0.2) is 85.1 Å². The van der Waals surface area contributed by atoms with Crippen LogP contribution in [-0.2, 0) is 6.42 Å². The average Bonchev–Trinajstić information content (AvgIpc) is 3.86. The van der Waals surface area contributed by atoms with Crippen LogP contribution in [0.1, 0.15) is 74.7 Å². The minimum atomic E-state index is -0.944. The van der Waals surface area contributed by atoms with E-state index in [1.807, 2.05) is 11.8 Å². The number of alkyl halides is 1. The number of halogens is 3. The number of phenols is 1. The van der Waals surface area contributed by atoms with Gasteiger partial charge in [0.05, 0.1) is 17.1 Å². The zero-order valence-electron chi connectivity index (χ0n) is 29.6. The van der Waals surface area contributed by atoms with Crippen molar-refractivity contribution in [2.45, 2.75) is 76.9 Å². The maximum Gasteiger partial charge on any atom is 0.319 e. The molecule has 10 nitrogen and oxygen atoms in total. The van der Waals surface area contributed by atoms with E-state index < -0.39 is 23.3 Å². The van der Waals surface area contributed by atoms with Gasteiger partial charge in [-0.05, 0) is 84.7 Å². The molecule has 3 saturated heterocycles. The van der Waals surface area contributed by atoms with Gasteiger partial charge >= 0.3 is 6.01 Å². The quantitative estimate of drug-likeness (QED) is 0.178. The van der Waals surface area contributed by atoms with Crippen LogP contribution in [0.25, 0.3) is 32.9 Å². The van der Waals surface area contributed by atoms with Crippen molar-refractivity contribution in [2.24, 2.45) is 5.92 Å². The highest BCUT2D eigenvalue weighted by Crippen LogP contribution is 2.42. The molecule has 2 atom stereocenters. The molecular weight excluding hydrogens is 671 g/mol. The van der Waals surface area contributed by atoms with Crippen molar-refractivity contribution in [1.29, 1.82) is 0 Å². The summed E-state index contributed by atoms with van der Waals surface area (Å²) in [5.74, 6) is -0.949. The maximum absolute atomic E-state index is 17.0. The van der Waals surface area contributed by atoms with Gasteiger partial charge in [-0.2, -0.15) is 15.1 Å². The molecule has 3 aliphatic rings. The topological polar surface area (TPSA) is 110 Å². The van der Waals surface area contributed by atoms with Crippen LogP contribution in [0.4, 0.5) is 19.0 Å². The zero-order chi connectivity index (χ0) is 36.3. The second kappa shape index (κ2) is 13.3. The second-order valence-electron chi connectivity index (χ2n) is 14.8. The Morgan fingerprint density at radius 3 is 2.67 bits per heavy atom. The van der Waals surface area contributed by atoms with Crippen LogP contribution < -0.4 is 9.64 Å². The van der Waals surface area contributed by atoms with Crippen LogP contribution in [0.5, 0.6) is 11.8 Å². The monoisotopic (exact) mass is 713 g/mol. The molecule has 0 aliphatic carbocycles. The number of phenolic OH excluding ortho intramolecular Hbond substituents is 1. The van der Waals surface area contributed by atoms with E-state index in [1.54, 1.807) is 18.5 Å². The summed E-state index contributed by atoms with van der Waals surface area (Å²) in [5, 5.41) is 16.3. The van der Waals surface area contributed by atoms with Gasteiger partial charge in [0, 0.05) is 49.9 Å². The number of carbonyl (C=O) groups is 1. The first-order valence-electron chi connectivity index (χ1n) is 18.2. The second-order valence-corrected chi connectivity index (χ2v) is 14.8. The largest absolute Gasteiger partial charge is 0.508 e. The molecule has 0 saturated carbocycles. The minimum absolute atomic E-state index is 0.0394. The molecule has 13 heteroatoms. The summed E-state index contributed by atoms with van der Waals surface area (Å²) in [6.45, 7) is 8.16. The minimum Gasteiger partial charge on any atom is -0.508 e. The van der Waals surface area contributed by atoms with Crippen LogP contribution in [0.2, 0.25) is 0 Å². The molecule has 8 rings (SSSR count). The third-order valence-electron chi connectivity index (χ3n) is 11.3. The molecule has 0 bridgehead atoms. The highest BCUT2D eigenvalue weighted by molar-refractivity contribution is 6.01. The lowest BCUT2D eigenvalue weighted by Crippen LogP contribution is -2.43. The summed E-state index contributed by atoms with van der Waals surface area (Å²) in [4.78, 5) is 31.4. The summed E-state index contributed by atoms with van der Waals surface area (Å²) >= 11 is 0. The van der Waals surface area contributed by atoms with Gasteiger partial charge in [0.25, 0.3) is 0 Å². The van der Waals surface area contributed by atoms with Crippen molar-refractivity contribution in [3.63, 3.8) is 0 Å². The molecule has 0 unspecified atom stereocenters. The molecule has 52 heavy (non-hydrogen) atoms. The van der Waals surface area contributed by atoms with Gasteiger partial charge in [-0.15, -0.1) is 0 Å². The number of aromatic hydroxyl groups is 1. The van der Waals surface area contributed by atoms with E-state index in [1.165, 1.54) is 29.1 Å². The van der Waals surface area contributed by atoms with Crippen LogP contribution in [0, 0.1) is 17.6 Å². The van der Waals surface area contributed by atoms with Crippen molar-refractivity contribution in [1.82, 2.24) is 29.6 Å². The van der Waals surface area contributed by atoms with Gasteiger partial charge in [0.1, 0.15) is 41.4 Å². The Morgan fingerprint density at radius 2 is 1.92 bits per heavy atom. The molecule has 0 spiro atoms. The number of nitrogens with zero attached hydrogens (tertiary/aromatic N) is 7. The number of aryl methyl sites for hydroxylation is 1. The number of fused-ring (bicyclic) bond motifs is 3. The Kier molecular flexibility index (Phi) is 8.79. The van der Waals surface area contributed by atoms with E-state index in [4.69, 9.17) is 9.72 Å². The summed E-state index contributed by atoms with van der Waals surface area (Å²) in [6, 6.07) is 5.76. The van der Waals surface area contributed by atoms with E-state index >= 15 is 8.78 Å². The summed E-state index contributed by atoms with van der Waals surface area (Å²) in [7, 11) is 0. The summed E-state index contributed by atoms with van der Waals surface area (Å²) in [6.07, 6.45) is 7.56. The molecule has 2 aromatic carbocycles. The Bertz CT molecular complexity index is 2180. The lowest BCUT2D eigenvalue weighted by atomic mass is 9.94. The highest BCUT2D eigenvalue weighted by atomic mass is 19.1. The van der Waals surface area contributed by atoms with Gasteiger partial charge < -0.3 is 14.7 Å². The van der Waals surface area contributed by atoms with Crippen LogP contribution in [0.3, 0.4) is 0 Å². The van der Waals surface area contributed by atoms with Gasteiger partial charge in [0.15, 0.2) is 5.82 Å². The fourth-order valence-corrected chi connectivity index (χ4v) is 8.48. The number of anilines is 1. The van der Waals surface area contributed by atoms with Crippen molar-refractivity contribution >= 4 is 33.4 Å². The van der Waals surface area contributed by atoms with E-state index in [-0.39, 0.29) is 52.9 Å². The third kappa shape index (κ3) is 5.92. The Morgan fingerprint density at radius 1 is 1.12 bits per heavy atom. The lowest BCUT2D eigenvalue weighted by molar-refractivity contribution is 0.0796. The van der Waals surface area contributed by atoms with E-state index in [9.17, 15) is 14.3 Å². The maximum atomic E-state index is 17.0. The molecule has 3 aromatic heterocycles. The number of rotatable bonds is 8. The molecule has 1 N–H and O–H groups in total. The third-order valence-corrected chi connectivity index (χ3v) is 11.3. The molecule has 3 fully saturated rings. The number of hydrogen-bond acceptors (Lipinski definition) is 9. The molecular formula is C39H42F3N7O3. The van der Waals surface area contributed by atoms with Crippen LogP contribution >= 0.6 is 0 Å². The normalized spacial score (nSPS) is 21.1. The molecule has 3 aliphatic heterocycles. The van der Waals surface area contributed by atoms with E-state index in [2.05, 4.69) is 33.8 Å². The predicted octanol–water partition coefficient (Wildman–Crippen LogP) is 7.22. The van der Waals surface area contributed by atoms with Gasteiger partial charge in [0.2, 0.25) is 5.91 Å². The number of benzene rings is 2. The van der Waals surface area contributed by atoms with Crippen molar-refractivity contribution < 1.29 is 27.8 Å². The molecule has 0 radical (unpaired) electrons. The molecule has 6 heterocycles. The fraction of sp³-hybridized carbons (Fsp3) is 0.462.